The number of pyridine rings is 1. The van der Waals surface area contributed by atoms with E-state index in [1.165, 1.54) is 25.7 Å². The molecule has 0 N–H and O–H groups in total. The first-order valence-electron chi connectivity index (χ1n) is 8.41. The van der Waals surface area contributed by atoms with E-state index >= 15 is 0 Å². The van der Waals surface area contributed by atoms with Crippen LogP contribution in [0, 0.1) is 6.92 Å². The molecular formula is C20H25NO2. The molecule has 0 aliphatic rings. The van der Waals surface area contributed by atoms with E-state index in [4.69, 9.17) is 4.74 Å². The summed E-state index contributed by atoms with van der Waals surface area (Å²) in [5.41, 5.74) is 2.15. The molecule has 1 aromatic heterocycles. The number of carbonyl (C=O) groups excluding carboxylic acids is 1. The third-order valence-electron chi connectivity index (χ3n) is 3.78. The van der Waals surface area contributed by atoms with Crippen LogP contribution in [0.4, 0.5) is 0 Å². The van der Waals surface area contributed by atoms with Crippen LogP contribution in [0.3, 0.4) is 0 Å². The predicted octanol–water partition coefficient (Wildman–Crippen LogP) is 4.97. The Balaban J connectivity index is 1.84. The van der Waals surface area contributed by atoms with Gasteiger partial charge >= 0.3 is 0 Å². The van der Waals surface area contributed by atoms with E-state index in [2.05, 4.69) is 11.9 Å². The molecule has 0 unspecified atom stereocenters. The lowest BCUT2D eigenvalue weighted by molar-refractivity contribution is 0.103. The molecule has 0 amide bonds. The predicted molar refractivity (Wildman–Crippen MR) is 93.1 cm³/mol. The van der Waals surface area contributed by atoms with Gasteiger partial charge in [-0.05, 0) is 49.2 Å². The average Bonchev–Trinajstić information content (AvgIpc) is 2.58. The molecule has 0 aliphatic carbocycles. The fraction of sp³-hybridized carbons (Fsp3) is 0.400. The second-order valence-electron chi connectivity index (χ2n) is 5.84. The molecule has 0 saturated carbocycles. The van der Waals surface area contributed by atoms with Crippen molar-refractivity contribution >= 4 is 5.78 Å². The summed E-state index contributed by atoms with van der Waals surface area (Å²) in [6, 6.07) is 11.0. The summed E-state index contributed by atoms with van der Waals surface area (Å²) in [6.07, 6.45) is 7.83. The number of unbranched alkanes of at least 4 members (excludes halogenated alkanes) is 4. The van der Waals surface area contributed by atoms with Crippen molar-refractivity contribution in [1.29, 1.82) is 0 Å². The first-order chi connectivity index (χ1) is 11.2. The second-order valence-corrected chi connectivity index (χ2v) is 5.84. The van der Waals surface area contributed by atoms with Crippen molar-refractivity contribution in [2.75, 3.05) is 6.61 Å². The van der Waals surface area contributed by atoms with Crippen molar-refractivity contribution in [3.63, 3.8) is 0 Å². The molecule has 23 heavy (non-hydrogen) atoms. The average molecular weight is 311 g/mol. The molecular weight excluding hydrogens is 286 g/mol. The number of aryl methyl sites for hydroxylation is 1. The van der Waals surface area contributed by atoms with Gasteiger partial charge in [0.15, 0.2) is 0 Å². The number of carbonyl (C=O) groups is 1. The highest BCUT2D eigenvalue weighted by molar-refractivity contribution is 6.07. The topological polar surface area (TPSA) is 39.2 Å². The molecule has 0 atom stereocenters. The highest BCUT2D eigenvalue weighted by Crippen LogP contribution is 2.15. The van der Waals surface area contributed by atoms with Crippen LogP contribution in [0.25, 0.3) is 0 Å². The maximum atomic E-state index is 12.3. The Morgan fingerprint density at radius 3 is 2.39 bits per heavy atom. The van der Waals surface area contributed by atoms with Gasteiger partial charge in [-0.3, -0.25) is 9.78 Å². The highest BCUT2D eigenvalue weighted by atomic mass is 16.5. The minimum absolute atomic E-state index is 0.0592. The first-order valence-corrected chi connectivity index (χ1v) is 8.41. The second kappa shape index (κ2) is 9.09. The fourth-order valence-corrected chi connectivity index (χ4v) is 2.35. The van der Waals surface area contributed by atoms with E-state index in [9.17, 15) is 4.79 Å². The van der Waals surface area contributed by atoms with E-state index in [1.54, 1.807) is 24.4 Å². The van der Waals surface area contributed by atoms with Crippen molar-refractivity contribution in [2.24, 2.45) is 0 Å². The molecule has 1 aromatic carbocycles. The summed E-state index contributed by atoms with van der Waals surface area (Å²) < 4.78 is 5.72. The number of hydrogen-bond acceptors (Lipinski definition) is 3. The smallest absolute Gasteiger partial charge is 0.211 e. The summed E-state index contributed by atoms with van der Waals surface area (Å²) in [4.78, 5) is 16.5. The van der Waals surface area contributed by atoms with Gasteiger partial charge in [-0.2, -0.15) is 0 Å². The van der Waals surface area contributed by atoms with Crippen LogP contribution in [0.5, 0.6) is 5.75 Å². The molecule has 0 fully saturated rings. The SMILES string of the molecule is CCCCCCCOc1ccc(C(=O)c2ccc(C)cn2)cc1. The van der Waals surface area contributed by atoms with Gasteiger partial charge < -0.3 is 4.74 Å². The van der Waals surface area contributed by atoms with E-state index in [0.717, 1.165) is 24.3 Å². The van der Waals surface area contributed by atoms with Crippen molar-refractivity contribution < 1.29 is 9.53 Å². The third-order valence-corrected chi connectivity index (χ3v) is 3.78. The molecule has 0 bridgehead atoms. The van der Waals surface area contributed by atoms with Crippen LogP contribution >= 0.6 is 0 Å². The van der Waals surface area contributed by atoms with Gasteiger partial charge in [0.25, 0.3) is 0 Å². The summed E-state index contributed by atoms with van der Waals surface area (Å²) in [6.45, 7) is 4.90. The van der Waals surface area contributed by atoms with Gasteiger partial charge in [-0.25, -0.2) is 0 Å². The van der Waals surface area contributed by atoms with Crippen molar-refractivity contribution in [1.82, 2.24) is 4.98 Å². The Morgan fingerprint density at radius 1 is 1.00 bits per heavy atom. The van der Waals surface area contributed by atoms with Gasteiger partial charge in [0.05, 0.1) is 6.61 Å². The van der Waals surface area contributed by atoms with E-state index in [0.29, 0.717) is 11.3 Å². The summed E-state index contributed by atoms with van der Waals surface area (Å²) in [7, 11) is 0. The summed E-state index contributed by atoms with van der Waals surface area (Å²) >= 11 is 0. The number of benzene rings is 1. The lowest BCUT2D eigenvalue weighted by Gasteiger charge is -2.07. The minimum atomic E-state index is -0.0592. The Morgan fingerprint density at radius 2 is 1.74 bits per heavy atom. The molecule has 2 aromatic rings. The quantitative estimate of drug-likeness (QED) is 0.485. The van der Waals surface area contributed by atoms with Crippen LogP contribution in [-0.4, -0.2) is 17.4 Å². The molecule has 0 radical (unpaired) electrons. The van der Waals surface area contributed by atoms with Crippen molar-refractivity contribution in [3.05, 3.63) is 59.4 Å². The highest BCUT2D eigenvalue weighted by Gasteiger charge is 2.10. The first kappa shape index (κ1) is 17.2. The lowest BCUT2D eigenvalue weighted by atomic mass is 10.1. The molecule has 0 saturated heterocycles. The Hall–Kier alpha value is -2.16. The summed E-state index contributed by atoms with van der Waals surface area (Å²) in [5, 5.41) is 0. The number of hydrogen-bond donors (Lipinski definition) is 0. The standard InChI is InChI=1S/C20H25NO2/c1-3-4-5-6-7-14-23-18-11-9-17(10-12-18)20(22)19-13-8-16(2)15-21-19/h8-13,15H,3-7,14H2,1-2H3. The monoisotopic (exact) mass is 311 g/mol. The van der Waals surface area contributed by atoms with Crippen LogP contribution in [0.2, 0.25) is 0 Å². The fourth-order valence-electron chi connectivity index (χ4n) is 2.35. The Kier molecular flexibility index (Phi) is 6.79. The molecule has 0 aliphatic heterocycles. The van der Waals surface area contributed by atoms with E-state index in [1.807, 2.05) is 25.1 Å². The van der Waals surface area contributed by atoms with Crippen LogP contribution in [-0.2, 0) is 0 Å². The zero-order chi connectivity index (χ0) is 16.5. The number of aromatic nitrogens is 1. The molecule has 122 valence electrons. The van der Waals surface area contributed by atoms with Crippen LogP contribution < -0.4 is 4.74 Å². The molecule has 0 spiro atoms. The molecule has 3 nitrogen and oxygen atoms in total. The summed E-state index contributed by atoms with van der Waals surface area (Å²) in [5.74, 6) is 0.755. The van der Waals surface area contributed by atoms with Crippen LogP contribution in [0.15, 0.2) is 42.6 Å². The van der Waals surface area contributed by atoms with Crippen molar-refractivity contribution in [3.8, 4) is 5.75 Å². The van der Waals surface area contributed by atoms with Gasteiger partial charge in [0.1, 0.15) is 11.4 Å². The normalized spacial score (nSPS) is 10.5. The number of nitrogens with zero attached hydrogens (tertiary/aromatic N) is 1. The Bertz CT molecular complexity index is 603. The lowest BCUT2D eigenvalue weighted by Crippen LogP contribution is -2.04. The van der Waals surface area contributed by atoms with E-state index < -0.39 is 0 Å². The zero-order valence-electron chi connectivity index (χ0n) is 14.0. The van der Waals surface area contributed by atoms with Gasteiger partial charge in [0, 0.05) is 11.8 Å². The van der Waals surface area contributed by atoms with Gasteiger partial charge in [0.2, 0.25) is 5.78 Å². The van der Waals surface area contributed by atoms with Crippen molar-refractivity contribution in [2.45, 2.75) is 46.0 Å². The largest absolute Gasteiger partial charge is 0.494 e. The maximum absolute atomic E-state index is 12.3. The van der Waals surface area contributed by atoms with E-state index in [-0.39, 0.29) is 5.78 Å². The maximum Gasteiger partial charge on any atom is 0.211 e. The Labute approximate surface area is 138 Å². The molecule has 1 heterocycles. The van der Waals surface area contributed by atoms with Gasteiger partial charge in [-0.15, -0.1) is 0 Å². The number of ketones is 1. The third kappa shape index (κ3) is 5.51. The van der Waals surface area contributed by atoms with Crippen LogP contribution in [0.1, 0.15) is 60.6 Å². The number of rotatable bonds is 9. The zero-order valence-corrected chi connectivity index (χ0v) is 14.0. The molecule has 2 rings (SSSR count). The molecule has 3 heteroatoms. The number of ether oxygens (including phenoxy) is 1. The minimum Gasteiger partial charge on any atom is -0.494 e. The van der Waals surface area contributed by atoms with Gasteiger partial charge in [-0.1, -0.05) is 38.7 Å².